The van der Waals surface area contributed by atoms with Gasteiger partial charge in [0, 0.05) is 16.3 Å². The van der Waals surface area contributed by atoms with Crippen molar-refractivity contribution < 1.29 is 19.1 Å². The van der Waals surface area contributed by atoms with Gasteiger partial charge in [0.05, 0.1) is 24.8 Å². The first-order valence-corrected chi connectivity index (χ1v) is 9.29. The van der Waals surface area contributed by atoms with Crippen molar-refractivity contribution in [3.8, 4) is 5.75 Å². The lowest BCUT2D eigenvalue weighted by Gasteiger charge is -2.30. The maximum Gasteiger partial charge on any atom is 0.338 e. The molecule has 1 aromatic carbocycles. The molecule has 0 aliphatic carbocycles. The second-order valence-electron chi connectivity index (χ2n) is 5.92. The molecule has 1 aromatic rings. The number of carbonyl (C=O) groups is 2. The number of carbonyl (C=O) groups excluding carboxylic acids is 2. The van der Waals surface area contributed by atoms with Crippen LogP contribution in [0.15, 0.2) is 29.5 Å². The number of rotatable bonds is 8. The minimum absolute atomic E-state index is 0.247. The molecule has 0 fully saturated rings. The molecule has 0 saturated heterocycles. The van der Waals surface area contributed by atoms with E-state index in [1.807, 2.05) is 13.8 Å². The van der Waals surface area contributed by atoms with Gasteiger partial charge in [0.1, 0.15) is 5.75 Å². The van der Waals surface area contributed by atoms with Crippen LogP contribution in [0.3, 0.4) is 0 Å². The van der Waals surface area contributed by atoms with E-state index in [1.54, 1.807) is 25.1 Å². The smallest absolute Gasteiger partial charge is 0.338 e. The van der Waals surface area contributed by atoms with Crippen LogP contribution >= 0.6 is 11.6 Å². The van der Waals surface area contributed by atoms with Gasteiger partial charge in [-0.25, -0.2) is 9.59 Å². The molecule has 0 bridgehead atoms. The average Bonchev–Trinajstić information content (AvgIpc) is 2.60. The summed E-state index contributed by atoms with van der Waals surface area (Å²) in [6.07, 6.45) is 2.17. The largest absolute Gasteiger partial charge is 0.493 e. The number of ether oxygens (including phenoxy) is 2. The molecule has 0 saturated carbocycles. The molecule has 6 nitrogen and oxygen atoms in total. The van der Waals surface area contributed by atoms with Crippen LogP contribution in [0, 0.1) is 0 Å². The molecular weight excluding hydrogens is 356 g/mol. The molecule has 0 radical (unpaired) electrons. The van der Waals surface area contributed by atoms with Gasteiger partial charge in [0.25, 0.3) is 0 Å². The normalized spacial score (nSPS) is 16.8. The molecular formula is C19H25ClN2O4. The maximum absolute atomic E-state index is 12.6. The number of benzene rings is 1. The predicted octanol–water partition coefficient (Wildman–Crippen LogP) is 4.10. The highest BCUT2D eigenvalue weighted by Crippen LogP contribution is 2.36. The summed E-state index contributed by atoms with van der Waals surface area (Å²) >= 11 is 6.18. The van der Waals surface area contributed by atoms with Crippen molar-refractivity contribution in [2.45, 2.75) is 46.1 Å². The molecule has 1 heterocycles. The highest BCUT2D eigenvalue weighted by molar-refractivity contribution is 6.30. The zero-order valence-electron chi connectivity index (χ0n) is 15.4. The second kappa shape index (κ2) is 9.48. The molecule has 7 heteroatoms. The van der Waals surface area contributed by atoms with E-state index in [0.717, 1.165) is 12.8 Å². The van der Waals surface area contributed by atoms with Crippen LogP contribution < -0.4 is 15.4 Å². The van der Waals surface area contributed by atoms with Gasteiger partial charge in [0.2, 0.25) is 0 Å². The lowest BCUT2D eigenvalue weighted by atomic mass is 9.93. The number of esters is 1. The quantitative estimate of drug-likeness (QED) is 0.665. The highest BCUT2D eigenvalue weighted by Gasteiger charge is 2.35. The standard InChI is InChI=1S/C19H25ClN2O4/c1-4-7-14-16(18(23)25-6-3)17(22-19(24)21-14)13-11-12(20)8-9-15(13)26-10-5-2/h8-9,11,17H,4-7,10H2,1-3H3,(H2,21,22,24). The van der Waals surface area contributed by atoms with E-state index in [-0.39, 0.29) is 12.6 Å². The summed E-state index contributed by atoms with van der Waals surface area (Å²) in [5.74, 6) is 0.121. The van der Waals surface area contributed by atoms with Crippen molar-refractivity contribution in [3.05, 3.63) is 40.1 Å². The van der Waals surface area contributed by atoms with Crippen LogP contribution in [-0.2, 0) is 9.53 Å². The zero-order chi connectivity index (χ0) is 19.1. The Morgan fingerprint density at radius 3 is 2.65 bits per heavy atom. The Balaban J connectivity index is 2.56. The van der Waals surface area contributed by atoms with Crippen molar-refractivity contribution in [2.24, 2.45) is 0 Å². The molecule has 1 unspecified atom stereocenters. The first kappa shape index (κ1) is 20.1. The summed E-state index contributed by atoms with van der Waals surface area (Å²) < 4.78 is 11.0. The molecule has 0 spiro atoms. The monoisotopic (exact) mass is 380 g/mol. The molecule has 1 aliphatic rings. The fraction of sp³-hybridized carbons (Fsp3) is 0.474. The van der Waals surface area contributed by atoms with Crippen LogP contribution in [0.5, 0.6) is 5.75 Å². The van der Waals surface area contributed by atoms with E-state index in [1.165, 1.54) is 0 Å². The third-order valence-corrected chi connectivity index (χ3v) is 4.13. The molecule has 1 aliphatic heterocycles. The van der Waals surface area contributed by atoms with Crippen LogP contribution in [0.4, 0.5) is 4.79 Å². The Morgan fingerprint density at radius 2 is 2.00 bits per heavy atom. The number of allylic oxidation sites excluding steroid dienone is 1. The second-order valence-corrected chi connectivity index (χ2v) is 6.36. The van der Waals surface area contributed by atoms with Crippen LogP contribution in [0.2, 0.25) is 5.02 Å². The number of urea groups is 1. The van der Waals surface area contributed by atoms with Gasteiger partial charge < -0.3 is 20.1 Å². The van der Waals surface area contributed by atoms with E-state index in [4.69, 9.17) is 21.1 Å². The first-order chi connectivity index (χ1) is 12.5. The summed E-state index contributed by atoms with van der Waals surface area (Å²) in [6, 6.07) is 4.14. The minimum atomic E-state index is -0.685. The summed E-state index contributed by atoms with van der Waals surface area (Å²) in [6.45, 7) is 6.50. The van der Waals surface area contributed by atoms with Crippen LogP contribution in [-0.4, -0.2) is 25.2 Å². The van der Waals surface area contributed by atoms with Crippen molar-refractivity contribution in [1.82, 2.24) is 10.6 Å². The molecule has 2 amide bonds. The third-order valence-electron chi connectivity index (χ3n) is 3.89. The van der Waals surface area contributed by atoms with Crippen molar-refractivity contribution >= 4 is 23.6 Å². The molecule has 26 heavy (non-hydrogen) atoms. The minimum Gasteiger partial charge on any atom is -0.493 e. The number of halogens is 1. The maximum atomic E-state index is 12.6. The predicted molar refractivity (Wildman–Crippen MR) is 100 cm³/mol. The molecule has 0 aromatic heterocycles. The van der Waals surface area contributed by atoms with Gasteiger partial charge in [-0.05, 0) is 38.0 Å². The Hall–Kier alpha value is -2.21. The fourth-order valence-electron chi connectivity index (χ4n) is 2.84. The average molecular weight is 381 g/mol. The summed E-state index contributed by atoms with van der Waals surface area (Å²) in [4.78, 5) is 24.8. The SMILES string of the molecule is CCCOc1ccc(Cl)cc1C1NC(=O)NC(CCC)=C1C(=O)OCC. The van der Waals surface area contributed by atoms with E-state index in [0.29, 0.717) is 40.6 Å². The van der Waals surface area contributed by atoms with E-state index in [9.17, 15) is 9.59 Å². The number of amides is 2. The topological polar surface area (TPSA) is 76.7 Å². The van der Waals surface area contributed by atoms with Gasteiger partial charge in [0.15, 0.2) is 0 Å². The van der Waals surface area contributed by atoms with Gasteiger partial charge in [-0.3, -0.25) is 0 Å². The summed E-state index contributed by atoms with van der Waals surface area (Å²) in [5, 5.41) is 6.04. The van der Waals surface area contributed by atoms with Gasteiger partial charge in [-0.15, -0.1) is 0 Å². The van der Waals surface area contributed by atoms with Crippen LogP contribution in [0.1, 0.15) is 51.6 Å². The van der Waals surface area contributed by atoms with E-state index in [2.05, 4.69) is 10.6 Å². The summed E-state index contributed by atoms with van der Waals surface area (Å²) in [5.41, 5.74) is 1.59. The molecule has 2 rings (SSSR count). The number of hydrogen-bond donors (Lipinski definition) is 2. The Labute approximate surface area is 158 Å². The number of nitrogens with one attached hydrogen (secondary N) is 2. The lowest BCUT2D eigenvalue weighted by molar-refractivity contribution is -0.139. The van der Waals surface area contributed by atoms with Crippen LogP contribution in [0.25, 0.3) is 0 Å². The molecule has 142 valence electrons. The van der Waals surface area contributed by atoms with E-state index >= 15 is 0 Å². The van der Waals surface area contributed by atoms with Gasteiger partial charge >= 0.3 is 12.0 Å². The Bertz CT molecular complexity index is 703. The molecule has 2 N–H and O–H groups in total. The lowest BCUT2D eigenvalue weighted by Crippen LogP contribution is -2.46. The third kappa shape index (κ3) is 4.69. The Morgan fingerprint density at radius 1 is 1.23 bits per heavy atom. The highest BCUT2D eigenvalue weighted by atomic mass is 35.5. The number of hydrogen-bond acceptors (Lipinski definition) is 4. The first-order valence-electron chi connectivity index (χ1n) is 8.91. The molecule has 1 atom stereocenters. The van der Waals surface area contributed by atoms with Gasteiger partial charge in [-0.1, -0.05) is 31.9 Å². The summed E-state index contributed by atoms with van der Waals surface area (Å²) in [7, 11) is 0. The zero-order valence-corrected chi connectivity index (χ0v) is 16.1. The van der Waals surface area contributed by atoms with Crippen molar-refractivity contribution in [2.75, 3.05) is 13.2 Å². The van der Waals surface area contributed by atoms with Crippen molar-refractivity contribution in [1.29, 1.82) is 0 Å². The van der Waals surface area contributed by atoms with Crippen molar-refractivity contribution in [3.63, 3.8) is 0 Å². The fourth-order valence-corrected chi connectivity index (χ4v) is 3.02. The van der Waals surface area contributed by atoms with Gasteiger partial charge in [-0.2, -0.15) is 0 Å². The van der Waals surface area contributed by atoms with E-state index < -0.39 is 12.0 Å². The Kier molecular flexibility index (Phi) is 7.33.